The molecule has 2 aromatic heterocycles. The Bertz CT molecular complexity index is 1350. The third-order valence-corrected chi connectivity index (χ3v) is 4.94. The number of fused-ring (bicyclic) bond motifs is 1. The first-order chi connectivity index (χ1) is 16.0. The molecule has 0 fully saturated rings. The number of nitrogens with zero attached hydrogens (tertiary/aromatic N) is 3. The Morgan fingerprint density at radius 2 is 1.91 bits per heavy atom. The van der Waals surface area contributed by atoms with Crippen LogP contribution in [0.2, 0.25) is 5.02 Å². The van der Waals surface area contributed by atoms with Crippen LogP contribution in [0, 0.1) is 5.82 Å². The largest absolute Gasteiger partial charge is 0.444 e. The second kappa shape index (κ2) is 8.75. The van der Waals surface area contributed by atoms with Crippen molar-refractivity contribution < 1.29 is 18.7 Å². The number of ether oxygens (including phenoxy) is 1. The number of hydrogen-bond donors (Lipinski definition) is 3. The Morgan fingerprint density at radius 3 is 2.62 bits per heavy atom. The molecule has 0 spiro atoms. The number of amides is 2. The third-order valence-electron chi connectivity index (χ3n) is 4.65. The zero-order valence-corrected chi connectivity index (χ0v) is 19.1. The third kappa shape index (κ3) is 4.84. The smallest absolute Gasteiger partial charge is 0.413 e. The molecule has 2 amide bonds. The summed E-state index contributed by atoms with van der Waals surface area (Å²) in [6.45, 7) is 5.17. The number of anilines is 3. The van der Waals surface area contributed by atoms with Gasteiger partial charge in [0.2, 0.25) is 0 Å². The van der Waals surface area contributed by atoms with Gasteiger partial charge in [-0.25, -0.2) is 19.2 Å². The normalized spacial score (nSPS) is 14.9. The quantitative estimate of drug-likeness (QED) is 0.511. The molecule has 4 rings (SSSR count). The average Bonchev–Trinajstić information content (AvgIpc) is 3.08. The van der Waals surface area contributed by atoms with Gasteiger partial charge in [-0.15, -0.1) is 0 Å². The van der Waals surface area contributed by atoms with E-state index in [2.05, 4.69) is 25.9 Å². The monoisotopic (exact) mass is 486 g/mol. The first-order valence-electron chi connectivity index (χ1n) is 10.1. The minimum absolute atomic E-state index is 0.00794. The highest BCUT2D eigenvalue weighted by Crippen LogP contribution is 2.29. The zero-order chi connectivity index (χ0) is 24.6. The van der Waals surface area contributed by atoms with E-state index in [1.807, 2.05) is 0 Å². The standard InChI is InChI=1S/C22H20ClFN6O4/c1-22(2,3)34-21(33)28-16-9-15(25-10-26-16)27-14-8-13(23)17-19(31)29-18(30(17)20(14)32)11-5-4-6-12(24)7-11/h4-10,18H,1-3H3,(H,29,31)(H2,25,26,27,28,33). The molecule has 176 valence electrons. The molecule has 1 atom stereocenters. The molecule has 1 aliphatic rings. The molecule has 0 bridgehead atoms. The molecule has 10 nitrogen and oxygen atoms in total. The summed E-state index contributed by atoms with van der Waals surface area (Å²) in [6.07, 6.45) is -0.470. The van der Waals surface area contributed by atoms with Gasteiger partial charge in [-0.05, 0) is 44.5 Å². The SMILES string of the molecule is CC(C)(C)OC(=O)Nc1cc(Nc2cc(Cl)c3n(c2=O)C(c2cccc(F)c2)NC3=O)ncn1. The molecule has 3 heterocycles. The maximum absolute atomic E-state index is 13.8. The Labute approximate surface area is 198 Å². The number of rotatable bonds is 4. The molecule has 34 heavy (non-hydrogen) atoms. The lowest BCUT2D eigenvalue weighted by Gasteiger charge is -2.19. The van der Waals surface area contributed by atoms with Gasteiger partial charge in [0, 0.05) is 6.07 Å². The molecule has 1 aromatic carbocycles. The molecule has 1 aliphatic heterocycles. The summed E-state index contributed by atoms with van der Waals surface area (Å²) in [5, 5.41) is 7.97. The fraction of sp³-hybridized carbons (Fsp3) is 0.227. The van der Waals surface area contributed by atoms with Crippen LogP contribution in [-0.2, 0) is 4.74 Å². The summed E-state index contributed by atoms with van der Waals surface area (Å²) in [6, 6.07) is 8.23. The summed E-state index contributed by atoms with van der Waals surface area (Å²) in [7, 11) is 0. The summed E-state index contributed by atoms with van der Waals surface area (Å²) in [5.74, 6) is -0.767. The van der Waals surface area contributed by atoms with Gasteiger partial charge in [0.1, 0.15) is 46.9 Å². The van der Waals surface area contributed by atoms with Crippen molar-refractivity contribution in [3.8, 4) is 0 Å². The van der Waals surface area contributed by atoms with Crippen LogP contribution >= 0.6 is 11.6 Å². The van der Waals surface area contributed by atoms with Gasteiger partial charge >= 0.3 is 6.09 Å². The van der Waals surface area contributed by atoms with Crippen LogP contribution in [0.15, 0.2) is 47.5 Å². The minimum atomic E-state index is -0.945. The van der Waals surface area contributed by atoms with Crippen molar-refractivity contribution >= 4 is 40.9 Å². The summed E-state index contributed by atoms with van der Waals surface area (Å²) < 4.78 is 20.1. The van der Waals surface area contributed by atoms with E-state index in [9.17, 15) is 18.8 Å². The number of hydrogen-bond acceptors (Lipinski definition) is 7. The summed E-state index contributed by atoms with van der Waals surface area (Å²) in [5.41, 5.74) is -0.951. The lowest BCUT2D eigenvalue weighted by molar-refractivity contribution is 0.0635. The van der Waals surface area contributed by atoms with E-state index in [1.54, 1.807) is 26.8 Å². The second-order valence-electron chi connectivity index (χ2n) is 8.40. The van der Waals surface area contributed by atoms with Crippen LogP contribution < -0.4 is 21.5 Å². The van der Waals surface area contributed by atoms with Crippen molar-refractivity contribution in [3.05, 3.63) is 75.2 Å². The van der Waals surface area contributed by atoms with Gasteiger partial charge in [-0.3, -0.25) is 19.5 Å². The maximum Gasteiger partial charge on any atom is 0.413 e. The average molecular weight is 487 g/mol. The van der Waals surface area contributed by atoms with Crippen LogP contribution in [0.25, 0.3) is 0 Å². The Morgan fingerprint density at radius 1 is 1.18 bits per heavy atom. The Hall–Kier alpha value is -3.99. The van der Waals surface area contributed by atoms with Crippen LogP contribution in [0.3, 0.4) is 0 Å². The van der Waals surface area contributed by atoms with Gasteiger partial charge in [-0.1, -0.05) is 23.7 Å². The second-order valence-corrected chi connectivity index (χ2v) is 8.81. The Kier molecular flexibility index (Phi) is 5.96. The van der Waals surface area contributed by atoms with Crippen molar-refractivity contribution in [2.75, 3.05) is 10.6 Å². The zero-order valence-electron chi connectivity index (χ0n) is 18.3. The highest BCUT2D eigenvalue weighted by Gasteiger charge is 2.34. The van der Waals surface area contributed by atoms with Crippen LogP contribution in [-0.4, -0.2) is 32.1 Å². The number of aromatic nitrogens is 3. The van der Waals surface area contributed by atoms with E-state index in [4.69, 9.17) is 16.3 Å². The maximum atomic E-state index is 13.8. The molecule has 1 unspecified atom stereocenters. The fourth-order valence-electron chi connectivity index (χ4n) is 3.36. The lowest BCUT2D eigenvalue weighted by Crippen LogP contribution is -2.29. The van der Waals surface area contributed by atoms with E-state index < -0.39 is 35.1 Å². The fourth-order valence-corrected chi connectivity index (χ4v) is 3.65. The van der Waals surface area contributed by atoms with Crippen LogP contribution in [0.1, 0.15) is 43.0 Å². The lowest BCUT2D eigenvalue weighted by atomic mass is 10.1. The number of halogens is 2. The number of benzene rings is 1. The summed E-state index contributed by atoms with van der Waals surface area (Å²) >= 11 is 6.31. The topological polar surface area (TPSA) is 127 Å². The van der Waals surface area contributed by atoms with Gasteiger partial charge in [0.05, 0.1) is 5.02 Å². The number of pyridine rings is 1. The van der Waals surface area contributed by atoms with Gasteiger partial charge < -0.3 is 15.4 Å². The van der Waals surface area contributed by atoms with E-state index in [1.165, 1.54) is 36.7 Å². The molecule has 0 radical (unpaired) electrons. The first kappa shape index (κ1) is 23.2. The van der Waals surface area contributed by atoms with Crippen molar-refractivity contribution in [1.82, 2.24) is 19.9 Å². The van der Waals surface area contributed by atoms with Gasteiger partial charge in [-0.2, -0.15) is 0 Å². The molecule has 0 aliphatic carbocycles. The van der Waals surface area contributed by atoms with Gasteiger partial charge in [0.25, 0.3) is 11.5 Å². The molecular formula is C22H20ClFN6O4. The van der Waals surface area contributed by atoms with Crippen molar-refractivity contribution in [1.29, 1.82) is 0 Å². The van der Waals surface area contributed by atoms with E-state index >= 15 is 0 Å². The highest BCUT2D eigenvalue weighted by atomic mass is 35.5. The van der Waals surface area contributed by atoms with Gasteiger partial charge in [0.15, 0.2) is 0 Å². The van der Waals surface area contributed by atoms with E-state index in [-0.39, 0.29) is 28.0 Å². The molecule has 3 N–H and O–H groups in total. The predicted octanol–water partition coefficient (Wildman–Crippen LogP) is 3.81. The molecule has 0 saturated heterocycles. The van der Waals surface area contributed by atoms with Crippen molar-refractivity contribution in [2.45, 2.75) is 32.5 Å². The minimum Gasteiger partial charge on any atom is -0.444 e. The van der Waals surface area contributed by atoms with Crippen molar-refractivity contribution in [3.63, 3.8) is 0 Å². The van der Waals surface area contributed by atoms with E-state index in [0.29, 0.717) is 5.56 Å². The summed E-state index contributed by atoms with van der Waals surface area (Å²) in [4.78, 5) is 45.8. The molecule has 3 aromatic rings. The van der Waals surface area contributed by atoms with Crippen molar-refractivity contribution in [2.24, 2.45) is 0 Å². The Balaban J connectivity index is 1.66. The molecular weight excluding hydrogens is 467 g/mol. The first-order valence-corrected chi connectivity index (χ1v) is 10.5. The molecule has 0 saturated carbocycles. The number of carbonyl (C=O) groups excluding carboxylic acids is 2. The van der Waals surface area contributed by atoms with Crippen LogP contribution in [0.5, 0.6) is 0 Å². The predicted molar refractivity (Wildman–Crippen MR) is 123 cm³/mol. The highest BCUT2D eigenvalue weighted by molar-refractivity contribution is 6.34. The van der Waals surface area contributed by atoms with Crippen LogP contribution in [0.4, 0.5) is 26.5 Å². The number of carbonyl (C=O) groups is 2. The molecule has 12 heteroatoms. The number of nitrogens with one attached hydrogen (secondary N) is 3. The van der Waals surface area contributed by atoms with E-state index in [0.717, 1.165) is 4.57 Å².